The molecular formula is C14H24. The molecular weight excluding hydrogens is 168 g/mol. The van der Waals surface area contributed by atoms with E-state index in [0.717, 1.165) is 17.8 Å². The molecule has 1 rings (SSSR count). The number of hydrogen-bond donors (Lipinski definition) is 0. The van der Waals surface area contributed by atoms with Gasteiger partial charge in [0.2, 0.25) is 0 Å². The third-order valence-electron chi connectivity index (χ3n) is 3.52. The molecule has 0 amide bonds. The van der Waals surface area contributed by atoms with Gasteiger partial charge < -0.3 is 0 Å². The lowest BCUT2D eigenvalue weighted by Gasteiger charge is -2.02. The summed E-state index contributed by atoms with van der Waals surface area (Å²) in [6, 6.07) is 0. The Morgan fingerprint density at radius 2 is 2.00 bits per heavy atom. The number of rotatable bonds is 5. The molecule has 0 N–H and O–H groups in total. The van der Waals surface area contributed by atoms with Crippen LogP contribution in [-0.4, -0.2) is 0 Å². The summed E-state index contributed by atoms with van der Waals surface area (Å²) in [6.07, 6.45) is 6.02. The zero-order chi connectivity index (χ0) is 10.7. The first-order valence-corrected chi connectivity index (χ1v) is 5.89. The Kier molecular flexibility index (Phi) is 3.97. The summed E-state index contributed by atoms with van der Waals surface area (Å²) in [5.41, 5.74) is 2.91. The molecule has 0 nitrogen and oxygen atoms in total. The van der Waals surface area contributed by atoms with Crippen LogP contribution in [0.3, 0.4) is 0 Å². The summed E-state index contributed by atoms with van der Waals surface area (Å²) < 4.78 is 0. The van der Waals surface area contributed by atoms with Gasteiger partial charge in [0.1, 0.15) is 0 Å². The minimum absolute atomic E-state index is 0.838. The fourth-order valence-electron chi connectivity index (χ4n) is 2.56. The lowest BCUT2D eigenvalue weighted by atomic mass is 10.0. The molecule has 3 atom stereocenters. The first kappa shape index (κ1) is 11.6. The SMILES string of the molecule is C=C(CCC=C(C)C)C1C(C)C1CC. The summed E-state index contributed by atoms with van der Waals surface area (Å²) in [5, 5.41) is 0. The molecule has 0 aromatic heterocycles. The molecule has 1 saturated carbocycles. The van der Waals surface area contributed by atoms with Crippen LogP contribution in [0.2, 0.25) is 0 Å². The highest BCUT2D eigenvalue weighted by Gasteiger charge is 2.45. The Bertz CT molecular complexity index is 230. The molecule has 0 saturated heterocycles. The highest BCUT2D eigenvalue weighted by molar-refractivity contribution is 5.15. The van der Waals surface area contributed by atoms with Crippen LogP contribution in [0.25, 0.3) is 0 Å². The maximum absolute atomic E-state index is 4.23. The molecule has 0 aliphatic heterocycles. The molecule has 0 radical (unpaired) electrons. The molecule has 3 unspecified atom stereocenters. The molecule has 0 heteroatoms. The van der Waals surface area contributed by atoms with E-state index in [9.17, 15) is 0 Å². The van der Waals surface area contributed by atoms with Crippen molar-refractivity contribution < 1.29 is 0 Å². The van der Waals surface area contributed by atoms with E-state index in [1.165, 1.54) is 30.4 Å². The van der Waals surface area contributed by atoms with E-state index >= 15 is 0 Å². The average Bonchev–Trinajstić information content (AvgIpc) is 2.75. The van der Waals surface area contributed by atoms with Gasteiger partial charge in [-0.3, -0.25) is 0 Å². The van der Waals surface area contributed by atoms with Crippen molar-refractivity contribution in [3.63, 3.8) is 0 Å². The van der Waals surface area contributed by atoms with E-state index in [1.54, 1.807) is 0 Å². The Balaban J connectivity index is 2.27. The first-order valence-electron chi connectivity index (χ1n) is 5.89. The third-order valence-corrected chi connectivity index (χ3v) is 3.52. The summed E-state index contributed by atoms with van der Waals surface area (Å²) in [4.78, 5) is 0. The molecule has 0 heterocycles. The van der Waals surface area contributed by atoms with E-state index < -0.39 is 0 Å². The predicted molar refractivity (Wildman–Crippen MR) is 64.2 cm³/mol. The van der Waals surface area contributed by atoms with Crippen LogP contribution in [-0.2, 0) is 0 Å². The van der Waals surface area contributed by atoms with Crippen molar-refractivity contribution in [3.05, 3.63) is 23.8 Å². The van der Waals surface area contributed by atoms with E-state index in [-0.39, 0.29) is 0 Å². The van der Waals surface area contributed by atoms with E-state index in [4.69, 9.17) is 0 Å². The Labute approximate surface area is 89.1 Å². The zero-order valence-electron chi connectivity index (χ0n) is 10.1. The molecule has 0 aromatic carbocycles. The van der Waals surface area contributed by atoms with Crippen LogP contribution in [0, 0.1) is 17.8 Å². The topological polar surface area (TPSA) is 0 Å². The fraction of sp³-hybridized carbons (Fsp3) is 0.714. The summed E-state index contributed by atoms with van der Waals surface area (Å²) in [7, 11) is 0. The maximum Gasteiger partial charge on any atom is -0.0146 e. The zero-order valence-corrected chi connectivity index (χ0v) is 10.1. The van der Waals surface area contributed by atoms with Crippen molar-refractivity contribution >= 4 is 0 Å². The van der Waals surface area contributed by atoms with E-state index in [2.05, 4.69) is 40.3 Å². The van der Waals surface area contributed by atoms with Gasteiger partial charge >= 0.3 is 0 Å². The second-order valence-corrected chi connectivity index (χ2v) is 4.94. The van der Waals surface area contributed by atoms with Gasteiger partial charge in [0.05, 0.1) is 0 Å². The van der Waals surface area contributed by atoms with Crippen LogP contribution >= 0.6 is 0 Å². The van der Waals surface area contributed by atoms with Gasteiger partial charge in [0.25, 0.3) is 0 Å². The van der Waals surface area contributed by atoms with E-state index in [1.807, 2.05) is 0 Å². The highest BCUT2D eigenvalue weighted by Crippen LogP contribution is 2.52. The molecule has 1 aliphatic carbocycles. The van der Waals surface area contributed by atoms with E-state index in [0.29, 0.717) is 0 Å². The van der Waals surface area contributed by atoms with Gasteiger partial charge in [0, 0.05) is 0 Å². The van der Waals surface area contributed by atoms with Gasteiger partial charge in [0.15, 0.2) is 0 Å². The van der Waals surface area contributed by atoms with Gasteiger partial charge in [-0.1, -0.05) is 44.1 Å². The molecule has 80 valence electrons. The van der Waals surface area contributed by atoms with Crippen LogP contribution < -0.4 is 0 Å². The standard InChI is InChI=1S/C14H24/c1-6-13-12(5)14(13)11(4)9-7-8-10(2)3/h8,12-14H,4,6-7,9H2,1-3,5H3. The molecule has 0 bridgehead atoms. The highest BCUT2D eigenvalue weighted by atomic mass is 14.5. The van der Waals surface area contributed by atoms with Crippen molar-refractivity contribution in [2.45, 2.75) is 47.0 Å². The van der Waals surface area contributed by atoms with Gasteiger partial charge in [-0.15, -0.1) is 0 Å². The van der Waals surface area contributed by atoms with Gasteiger partial charge in [-0.2, -0.15) is 0 Å². The molecule has 14 heavy (non-hydrogen) atoms. The van der Waals surface area contributed by atoms with Gasteiger partial charge in [-0.25, -0.2) is 0 Å². The Morgan fingerprint density at radius 3 is 2.43 bits per heavy atom. The monoisotopic (exact) mass is 192 g/mol. The third kappa shape index (κ3) is 2.73. The van der Waals surface area contributed by atoms with Gasteiger partial charge in [-0.05, 0) is 44.4 Å². The quantitative estimate of drug-likeness (QED) is 0.559. The maximum atomic E-state index is 4.23. The minimum atomic E-state index is 0.838. The van der Waals surface area contributed by atoms with Crippen LogP contribution in [0.1, 0.15) is 47.0 Å². The normalized spacial score (nSPS) is 29.9. The number of allylic oxidation sites excluding steroid dienone is 3. The predicted octanol–water partition coefficient (Wildman–Crippen LogP) is 4.58. The Morgan fingerprint density at radius 1 is 1.36 bits per heavy atom. The Hall–Kier alpha value is -0.520. The lowest BCUT2D eigenvalue weighted by molar-refractivity contribution is 0.704. The van der Waals surface area contributed by atoms with Crippen LogP contribution in [0.5, 0.6) is 0 Å². The molecule has 0 aromatic rings. The molecule has 1 aliphatic rings. The summed E-state index contributed by atoms with van der Waals surface area (Å²) in [6.45, 7) is 13.2. The molecule has 0 spiro atoms. The average molecular weight is 192 g/mol. The van der Waals surface area contributed by atoms with Crippen molar-refractivity contribution in [1.82, 2.24) is 0 Å². The van der Waals surface area contributed by atoms with Crippen molar-refractivity contribution in [2.75, 3.05) is 0 Å². The second-order valence-electron chi connectivity index (χ2n) is 4.94. The molecule has 1 fully saturated rings. The van der Waals surface area contributed by atoms with Crippen molar-refractivity contribution in [3.8, 4) is 0 Å². The smallest absolute Gasteiger partial charge is 0.0146 e. The summed E-state index contributed by atoms with van der Waals surface area (Å²) >= 11 is 0. The lowest BCUT2D eigenvalue weighted by Crippen LogP contribution is -1.87. The largest absolute Gasteiger partial charge is 0.0995 e. The second kappa shape index (κ2) is 4.82. The first-order chi connectivity index (χ1) is 6.57. The van der Waals surface area contributed by atoms with Crippen molar-refractivity contribution in [2.24, 2.45) is 17.8 Å². The van der Waals surface area contributed by atoms with Crippen LogP contribution in [0.4, 0.5) is 0 Å². The summed E-state index contributed by atoms with van der Waals surface area (Å²) in [5.74, 6) is 2.68. The minimum Gasteiger partial charge on any atom is -0.0995 e. The van der Waals surface area contributed by atoms with Crippen LogP contribution in [0.15, 0.2) is 23.8 Å². The number of hydrogen-bond acceptors (Lipinski definition) is 0. The fourth-order valence-corrected chi connectivity index (χ4v) is 2.56. The van der Waals surface area contributed by atoms with Crippen molar-refractivity contribution in [1.29, 1.82) is 0 Å².